The van der Waals surface area contributed by atoms with Crippen LogP contribution < -0.4 is 4.90 Å². The molecule has 0 aliphatic carbocycles. The highest BCUT2D eigenvalue weighted by Gasteiger charge is 2.20. The number of fused-ring (bicyclic) bond motifs is 6. The Bertz CT molecular complexity index is 2110. The third kappa shape index (κ3) is 4.14. The zero-order valence-electron chi connectivity index (χ0n) is 22.8. The molecule has 0 saturated heterocycles. The Morgan fingerprint density at radius 2 is 0.952 bits per heavy atom. The molecular formula is C39H26N2S. The fourth-order valence-electron chi connectivity index (χ4n) is 5.93. The van der Waals surface area contributed by atoms with E-state index in [1.54, 1.807) is 11.3 Å². The maximum absolute atomic E-state index is 5.34. The smallest absolute Gasteiger partial charge is 0.126 e. The molecule has 0 bridgehead atoms. The number of para-hydroxylation sites is 2. The molecule has 0 N–H and O–H groups in total. The van der Waals surface area contributed by atoms with Crippen LogP contribution in [0.1, 0.15) is 0 Å². The summed E-state index contributed by atoms with van der Waals surface area (Å²) >= 11 is 1.78. The summed E-state index contributed by atoms with van der Waals surface area (Å²) in [6.45, 7) is 0. The van der Waals surface area contributed by atoms with Gasteiger partial charge in [0, 0.05) is 27.7 Å². The summed E-state index contributed by atoms with van der Waals surface area (Å²) in [7, 11) is 0. The second-order valence-corrected chi connectivity index (χ2v) is 11.4. The number of benzene rings is 7. The highest BCUT2D eigenvalue weighted by atomic mass is 32.1. The first-order valence-electron chi connectivity index (χ1n) is 14.2. The van der Waals surface area contributed by atoms with Gasteiger partial charge in [0.05, 0.1) is 15.9 Å². The van der Waals surface area contributed by atoms with Crippen molar-refractivity contribution >= 4 is 60.2 Å². The van der Waals surface area contributed by atoms with E-state index in [0.717, 1.165) is 33.1 Å². The van der Waals surface area contributed by atoms with Crippen molar-refractivity contribution < 1.29 is 0 Å². The van der Waals surface area contributed by atoms with Crippen molar-refractivity contribution in [2.75, 3.05) is 4.90 Å². The van der Waals surface area contributed by atoms with Gasteiger partial charge in [-0.3, -0.25) is 0 Å². The number of thiazole rings is 1. The fourth-order valence-corrected chi connectivity index (χ4v) is 7.08. The molecule has 2 nitrogen and oxygen atoms in total. The third-order valence-corrected chi connectivity index (χ3v) is 9.02. The van der Waals surface area contributed by atoms with Crippen molar-refractivity contribution in [3.63, 3.8) is 0 Å². The van der Waals surface area contributed by atoms with Gasteiger partial charge >= 0.3 is 0 Å². The minimum atomic E-state index is 1.02. The Labute approximate surface area is 248 Å². The number of hydrogen-bond acceptors (Lipinski definition) is 3. The topological polar surface area (TPSA) is 16.1 Å². The lowest BCUT2D eigenvalue weighted by Gasteiger charge is -2.27. The van der Waals surface area contributed by atoms with Gasteiger partial charge in [-0.1, -0.05) is 121 Å². The summed E-state index contributed by atoms with van der Waals surface area (Å²) in [4.78, 5) is 7.68. The van der Waals surface area contributed by atoms with Crippen molar-refractivity contribution in [3.8, 4) is 21.7 Å². The Morgan fingerprint density at radius 3 is 1.69 bits per heavy atom. The van der Waals surface area contributed by atoms with E-state index >= 15 is 0 Å². The first-order valence-corrected chi connectivity index (χ1v) is 15.0. The molecular weight excluding hydrogens is 529 g/mol. The van der Waals surface area contributed by atoms with Gasteiger partial charge in [-0.2, -0.15) is 0 Å². The maximum Gasteiger partial charge on any atom is 0.126 e. The van der Waals surface area contributed by atoms with E-state index in [4.69, 9.17) is 4.98 Å². The van der Waals surface area contributed by atoms with Crippen LogP contribution in [0, 0.1) is 0 Å². The number of aromatic nitrogens is 1. The average molecular weight is 555 g/mol. The van der Waals surface area contributed by atoms with Crippen LogP contribution in [0.2, 0.25) is 0 Å². The quantitative estimate of drug-likeness (QED) is 0.197. The fraction of sp³-hybridized carbons (Fsp3) is 0. The van der Waals surface area contributed by atoms with Crippen LogP contribution in [0.4, 0.5) is 17.1 Å². The van der Waals surface area contributed by atoms with E-state index in [1.807, 2.05) is 0 Å². The summed E-state index contributed by atoms with van der Waals surface area (Å²) in [6, 6.07) is 55.9. The van der Waals surface area contributed by atoms with Crippen molar-refractivity contribution in [1.82, 2.24) is 4.98 Å². The number of anilines is 3. The Hall–Kier alpha value is -5.25. The van der Waals surface area contributed by atoms with Crippen LogP contribution in [0.5, 0.6) is 0 Å². The second kappa shape index (κ2) is 10.3. The Morgan fingerprint density at radius 1 is 0.429 bits per heavy atom. The molecule has 0 unspecified atom stereocenters. The molecule has 8 rings (SSSR count). The number of nitrogens with zero attached hydrogens (tertiary/aromatic N) is 2. The average Bonchev–Trinajstić information content (AvgIpc) is 3.53. The molecule has 3 heteroatoms. The number of hydrogen-bond donors (Lipinski definition) is 0. The lowest BCUT2D eigenvalue weighted by Crippen LogP contribution is -2.11. The molecule has 0 fully saturated rings. The predicted molar refractivity (Wildman–Crippen MR) is 180 cm³/mol. The molecule has 0 atom stereocenters. The summed E-state index contributed by atoms with van der Waals surface area (Å²) in [5.41, 5.74) is 7.90. The van der Waals surface area contributed by atoms with Crippen molar-refractivity contribution in [2.24, 2.45) is 0 Å². The van der Waals surface area contributed by atoms with Crippen LogP contribution in [0.3, 0.4) is 0 Å². The normalized spacial score (nSPS) is 11.3. The standard InChI is InChI=1S/C39H26N2S/c1-3-13-27(14-4-1)28-23-25-30(26-24-28)41(29-15-5-2-6-16-29)36-22-12-11-21-35(36)39-40-37-33-19-9-7-17-31(33)32-18-8-10-20-34(32)38(37)42-39/h1-26H. The van der Waals surface area contributed by atoms with Crippen LogP contribution in [0.15, 0.2) is 158 Å². The zero-order chi connectivity index (χ0) is 27.9. The largest absolute Gasteiger partial charge is 0.310 e. The predicted octanol–water partition coefficient (Wildman–Crippen LogP) is 11.4. The van der Waals surface area contributed by atoms with E-state index < -0.39 is 0 Å². The summed E-state index contributed by atoms with van der Waals surface area (Å²) in [5.74, 6) is 0. The summed E-state index contributed by atoms with van der Waals surface area (Å²) in [6.07, 6.45) is 0. The van der Waals surface area contributed by atoms with Gasteiger partial charge in [0.1, 0.15) is 5.01 Å². The Kier molecular flexibility index (Phi) is 6.02. The first kappa shape index (κ1) is 24.5. The molecule has 42 heavy (non-hydrogen) atoms. The molecule has 0 amide bonds. The molecule has 0 saturated carbocycles. The lowest BCUT2D eigenvalue weighted by atomic mass is 10.0. The molecule has 8 aromatic rings. The van der Waals surface area contributed by atoms with Crippen molar-refractivity contribution in [1.29, 1.82) is 0 Å². The van der Waals surface area contributed by atoms with Gasteiger partial charge in [0.2, 0.25) is 0 Å². The zero-order valence-corrected chi connectivity index (χ0v) is 23.6. The third-order valence-electron chi connectivity index (χ3n) is 7.89. The first-order chi connectivity index (χ1) is 20.8. The van der Waals surface area contributed by atoms with Gasteiger partial charge in [-0.05, 0) is 58.3 Å². The van der Waals surface area contributed by atoms with Gasteiger partial charge in [-0.15, -0.1) is 11.3 Å². The highest BCUT2D eigenvalue weighted by Crippen LogP contribution is 2.45. The Balaban J connectivity index is 1.33. The monoisotopic (exact) mass is 554 g/mol. The van der Waals surface area contributed by atoms with Crippen LogP contribution in [-0.2, 0) is 0 Å². The molecule has 0 aliphatic heterocycles. The van der Waals surface area contributed by atoms with Gasteiger partial charge in [0.15, 0.2) is 0 Å². The SMILES string of the molecule is c1ccc(-c2ccc(N(c3ccccc3)c3ccccc3-c3nc4c5ccccc5c5ccccc5c4s3)cc2)cc1. The van der Waals surface area contributed by atoms with Crippen LogP contribution in [-0.4, -0.2) is 4.98 Å². The van der Waals surface area contributed by atoms with E-state index in [-0.39, 0.29) is 0 Å². The molecule has 1 heterocycles. The van der Waals surface area contributed by atoms with E-state index in [1.165, 1.54) is 37.4 Å². The lowest BCUT2D eigenvalue weighted by molar-refractivity contribution is 1.28. The summed E-state index contributed by atoms with van der Waals surface area (Å²) in [5, 5.41) is 5.99. The van der Waals surface area contributed by atoms with Crippen molar-refractivity contribution in [2.45, 2.75) is 0 Å². The van der Waals surface area contributed by atoms with E-state index in [9.17, 15) is 0 Å². The minimum absolute atomic E-state index is 1.02. The molecule has 0 radical (unpaired) electrons. The second-order valence-electron chi connectivity index (χ2n) is 10.4. The van der Waals surface area contributed by atoms with Gasteiger partial charge < -0.3 is 4.90 Å². The van der Waals surface area contributed by atoms with Crippen molar-refractivity contribution in [3.05, 3.63) is 158 Å². The number of rotatable bonds is 5. The van der Waals surface area contributed by atoms with Gasteiger partial charge in [-0.25, -0.2) is 4.98 Å². The maximum atomic E-state index is 5.34. The highest BCUT2D eigenvalue weighted by molar-refractivity contribution is 7.22. The van der Waals surface area contributed by atoms with Crippen LogP contribution in [0.25, 0.3) is 53.5 Å². The molecule has 1 aromatic heterocycles. The molecule has 0 aliphatic rings. The molecule has 198 valence electrons. The van der Waals surface area contributed by atoms with Gasteiger partial charge in [0.25, 0.3) is 0 Å². The van der Waals surface area contributed by atoms with E-state index in [0.29, 0.717) is 0 Å². The molecule has 0 spiro atoms. The molecule has 7 aromatic carbocycles. The summed E-state index contributed by atoms with van der Waals surface area (Å²) < 4.78 is 1.23. The minimum Gasteiger partial charge on any atom is -0.310 e. The van der Waals surface area contributed by atoms with Crippen LogP contribution >= 0.6 is 11.3 Å². The van der Waals surface area contributed by atoms with E-state index in [2.05, 4.69) is 163 Å².